The van der Waals surface area contributed by atoms with Crippen molar-refractivity contribution < 1.29 is 34.0 Å². The zero-order chi connectivity index (χ0) is 27.6. The van der Waals surface area contributed by atoms with E-state index in [4.69, 9.17) is 14.2 Å². The first-order valence-corrected chi connectivity index (χ1v) is 14.4. The SMILES string of the molecule is C=C1[C@@H]2CC[C@H]3[C@@]45COC(O)([C@@H](O)[C@@H]4C(C)(C)CCC5OCC)[C@]34C(=O)C1(OC(=O)/C=C/c1ccccc1)[C@H]24. The summed E-state index contributed by atoms with van der Waals surface area (Å²) in [5, 5.41) is 24.3. The highest BCUT2D eigenvalue weighted by Gasteiger charge is 2.97. The van der Waals surface area contributed by atoms with Crippen LogP contribution < -0.4 is 0 Å². The fourth-order valence-corrected chi connectivity index (χ4v) is 10.5. The molecule has 7 fully saturated rings. The molecule has 1 aromatic rings. The van der Waals surface area contributed by atoms with Crippen molar-refractivity contribution in [2.24, 2.45) is 39.9 Å². The average molecular weight is 535 g/mol. The van der Waals surface area contributed by atoms with Crippen LogP contribution >= 0.6 is 0 Å². The highest BCUT2D eigenvalue weighted by molar-refractivity contribution is 6.09. The second-order valence-corrected chi connectivity index (χ2v) is 13.3. The number of rotatable bonds is 5. The molecule has 0 radical (unpaired) electrons. The number of fused-ring (bicyclic) bond motifs is 1. The summed E-state index contributed by atoms with van der Waals surface area (Å²) in [4.78, 5) is 27.7. The predicted molar refractivity (Wildman–Crippen MR) is 142 cm³/mol. The second-order valence-electron chi connectivity index (χ2n) is 13.3. The summed E-state index contributed by atoms with van der Waals surface area (Å²) in [5.74, 6) is -4.15. The minimum Gasteiger partial charge on any atom is -0.443 e. The Balaban J connectivity index is 1.30. The van der Waals surface area contributed by atoms with Crippen LogP contribution in [0, 0.1) is 39.9 Å². The molecule has 3 unspecified atom stereocenters. The number of aliphatic hydroxyl groups is 2. The summed E-state index contributed by atoms with van der Waals surface area (Å²) < 4.78 is 18.6. The van der Waals surface area contributed by atoms with Gasteiger partial charge in [-0.3, -0.25) is 4.79 Å². The Labute approximate surface area is 229 Å². The van der Waals surface area contributed by atoms with Gasteiger partial charge in [-0.2, -0.15) is 0 Å². The number of ketones is 1. The van der Waals surface area contributed by atoms with Gasteiger partial charge in [0.25, 0.3) is 0 Å². The molecule has 7 heteroatoms. The number of carbonyl (C=O) groups excluding carboxylic acids is 2. The van der Waals surface area contributed by atoms with E-state index in [1.54, 1.807) is 6.08 Å². The molecule has 7 nitrogen and oxygen atoms in total. The molecule has 2 N–H and O–H groups in total. The van der Waals surface area contributed by atoms with E-state index in [9.17, 15) is 19.8 Å². The lowest BCUT2D eigenvalue weighted by Crippen LogP contribution is -2.97. The molecule has 0 amide bonds. The van der Waals surface area contributed by atoms with Crippen LogP contribution in [0.15, 0.2) is 48.6 Å². The maximum absolute atomic E-state index is 14.6. The predicted octanol–water partition coefficient (Wildman–Crippen LogP) is 3.68. The van der Waals surface area contributed by atoms with Crippen molar-refractivity contribution in [3.05, 3.63) is 54.1 Å². The molecular weight excluding hydrogens is 496 g/mol. The Bertz CT molecular complexity index is 1290. The fourth-order valence-electron chi connectivity index (χ4n) is 10.5. The Morgan fingerprint density at radius 2 is 1.92 bits per heavy atom. The summed E-state index contributed by atoms with van der Waals surface area (Å²) in [6, 6.07) is 9.40. The zero-order valence-corrected chi connectivity index (χ0v) is 22.9. The average Bonchev–Trinajstić information content (AvgIpc) is 2.92. The van der Waals surface area contributed by atoms with Crippen LogP contribution in [-0.4, -0.2) is 58.8 Å². The molecule has 8 rings (SSSR count). The van der Waals surface area contributed by atoms with Crippen LogP contribution in [0.3, 0.4) is 0 Å². The molecule has 39 heavy (non-hydrogen) atoms. The third kappa shape index (κ3) is 2.65. The molecule has 208 valence electrons. The molecule has 5 saturated carbocycles. The van der Waals surface area contributed by atoms with E-state index in [-0.39, 0.29) is 41.7 Å². The van der Waals surface area contributed by atoms with E-state index in [1.807, 2.05) is 37.3 Å². The smallest absolute Gasteiger partial charge is 0.332 e. The van der Waals surface area contributed by atoms with Crippen molar-refractivity contribution in [1.29, 1.82) is 0 Å². The summed E-state index contributed by atoms with van der Waals surface area (Å²) >= 11 is 0. The Morgan fingerprint density at radius 3 is 2.64 bits per heavy atom. The van der Waals surface area contributed by atoms with Gasteiger partial charge in [0, 0.05) is 29.9 Å². The van der Waals surface area contributed by atoms with E-state index >= 15 is 0 Å². The van der Waals surface area contributed by atoms with Gasteiger partial charge in [-0.15, -0.1) is 0 Å². The maximum atomic E-state index is 14.6. The summed E-state index contributed by atoms with van der Waals surface area (Å²) in [5.41, 5.74) is -2.31. The lowest BCUT2D eigenvalue weighted by atomic mass is 9.21. The van der Waals surface area contributed by atoms with Crippen molar-refractivity contribution in [2.45, 2.75) is 70.1 Å². The highest BCUT2D eigenvalue weighted by Crippen LogP contribution is 2.85. The number of Topliss-reactive ketones (excluding diaryl/α,β-unsaturated/α-hetero) is 1. The summed E-state index contributed by atoms with van der Waals surface area (Å²) in [6.07, 6.45) is 4.69. The molecule has 1 aromatic carbocycles. The molecule has 2 bridgehead atoms. The van der Waals surface area contributed by atoms with Crippen LogP contribution in [0.5, 0.6) is 0 Å². The van der Waals surface area contributed by atoms with Crippen molar-refractivity contribution in [3.8, 4) is 0 Å². The van der Waals surface area contributed by atoms with Gasteiger partial charge in [-0.25, -0.2) is 4.79 Å². The topological polar surface area (TPSA) is 102 Å². The van der Waals surface area contributed by atoms with E-state index in [0.717, 1.165) is 24.8 Å². The number of esters is 1. The fraction of sp³-hybridized carbons (Fsp3) is 0.625. The zero-order valence-electron chi connectivity index (χ0n) is 22.9. The number of aliphatic hydroxyl groups excluding tert-OH is 1. The first-order valence-electron chi connectivity index (χ1n) is 14.4. The van der Waals surface area contributed by atoms with Gasteiger partial charge in [0.1, 0.15) is 11.5 Å². The van der Waals surface area contributed by atoms with Crippen molar-refractivity contribution in [2.75, 3.05) is 13.2 Å². The van der Waals surface area contributed by atoms with Gasteiger partial charge >= 0.3 is 5.97 Å². The number of benzene rings is 1. The van der Waals surface area contributed by atoms with Crippen LogP contribution in [0.25, 0.3) is 6.08 Å². The van der Waals surface area contributed by atoms with Gasteiger partial charge in [0.15, 0.2) is 11.4 Å². The largest absolute Gasteiger partial charge is 0.443 e. The minimum absolute atomic E-state index is 0.0824. The number of hydrogen-bond donors (Lipinski definition) is 2. The van der Waals surface area contributed by atoms with Gasteiger partial charge in [-0.05, 0) is 67.1 Å². The van der Waals surface area contributed by atoms with E-state index in [1.165, 1.54) is 6.08 Å². The molecule has 0 aromatic heterocycles. The molecule has 2 aliphatic heterocycles. The van der Waals surface area contributed by atoms with E-state index in [2.05, 4.69) is 20.4 Å². The summed E-state index contributed by atoms with van der Waals surface area (Å²) in [7, 11) is 0. The van der Waals surface area contributed by atoms with Crippen LogP contribution in [0.2, 0.25) is 0 Å². The van der Waals surface area contributed by atoms with Gasteiger partial charge in [0.2, 0.25) is 5.79 Å². The number of ether oxygens (including phenoxy) is 3. The van der Waals surface area contributed by atoms with Crippen molar-refractivity contribution >= 4 is 17.8 Å². The normalized spacial score (nSPS) is 48.4. The van der Waals surface area contributed by atoms with Gasteiger partial charge in [0.05, 0.1) is 12.7 Å². The highest BCUT2D eigenvalue weighted by atomic mass is 16.6. The lowest BCUT2D eigenvalue weighted by molar-refractivity contribution is -0.484. The maximum Gasteiger partial charge on any atom is 0.332 e. The molecule has 7 aliphatic rings. The number of carbonyl (C=O) groups is 2. The number of hydrogen-bond acceptors (Lipinski definition) is 7. The first-order chi connectivity index (χ1) is 18.5. The lowest BCUT2D eigenvalue weighted by Gasteiger charge is -2.84. The Kier molecular flexibility index (Phi) is 5.20. The van der Waals surface area contributed by atoms with Crippen LogP contribution in [0.1, 0.15) is 52.0 Å². The van der Waals surface area contributed by atoms with Crippen molar-refractivity contribution in [1.82, 2.24) is 0 Å². The Morgan fingerprint density at radius 1 is 1.18 bits per heavy atom. The van der Waals surface area contributed by atoms with Gasteiger partial charge < -0.3 is 24.4 Å². The third-order valence-corrected chi connectivity index (χ3v) is 11.7. The molecule has 2 heterocycles. The minimum atomic E-state index is -2.05. The van der Waals surface area contributed by atoms with Crippen molar-refractivity contribution in [3.63, 3.8) is 0 Å². The molecule has 2 saturated heterocycles. The van der Waals surface area contributed by atoms with Gasteiger partial charge in [-0.1, -0.05) is 50.8 Å². The molecule has 2 spiro atoms. The third-order valence-electron chi connectivity index (χ3n) is 11.7. The van der Waals surface area contributed by atoms with Crippen LogP contribution in [0.4, 0.5) is 0 Å². The first kappa shape index (κ1) is 25.6. The monoisotopic (exact) mass is 534 g/mol. The molecular formula is C32H38O7. The molecule has 5 aliphatic carbocycles. The van der Waals surface area contributed by atoms with E-state index < -0.39 is 40.2 Å². The molecule has 10 atom stereocenters. The van der Waals surface area contributed by atoms with Crippen LogP contribution in [-0.2, 0) is 23.8 Å². The Hall–Kier alpha value is -2.32. The second kappa shape index (κ2) is 7.90. The quantitative estimate of drug-likeness (QED) is 0.338. The summed E-state index contributed by atoms with van der Waals surface area (Å²) in [6.45, 7) is 11.2. The van der Waals surface area contributed by atoms with E-state index in [0.29, 0.717) is 18.6 Å². The standard InChI is InChI=1S/C32H38O7/c1-5-37-22-15-16-28(3,4)25-26(34)32(36)30-21(29(22,25)17-38-32)13-12-20-18(2)31(24(20)30,27(30)35)39-23(33)14-11-19-9-7-6-8-10-19/h6-11,14,20-22,24-26,34,36H,2,5,12-13,15-17H2,1,3-4H3/b14-11+/t20-,21-,22?,24+,25+,26-,29+,30+,31?,32?/m0/s1.